The summed E-state index contributed by atoms with van der Waals surface area (Å²) in [7, 11) is 0. The van der Waals surface area contributed by atoms with E-state index in [0.29, 0.717) is 6.10 Å². The van der Waals surface area contributed by atoms with Gasteiger partial charge in [0, 0.05) is 0 Å². The molecule has 0 radical (unpaired) electrons. The lowest BCUT2D eigenvalue weighted by molar-refractivity contribution is 0.0283. The highest BCUT2D eigenvalue weighted by Crippen LogP contribution is 2.31. The number of hydrogen-bond acceptors (Lipinski definition) is 2. The minimum Gasteiger partial charge on any atom is -0.490 e. The van der Waals surface area contributed by atoms with E-state index in [1.165, 1.54) is 12.8 Å². The quantitative estimate of drug-likeness (QED) is 0.825. The van der Waals surface area contributed by atoms with Crippen molar-refractivity contribution in [3.8, 4) is 5.75 Å². The summed E-state index contributed by atoms with van der Waals surface area (Å²) in [5, 5.41) is 10.3. The van der Waals surface area contributed by atoms with Gasteiger partial charge in [-0.25, -0.2) is 0 Å². The van der Waals surface area contributed by atoms with Crippen molar-refractivity contribution in [3.63, 3.8) is 0 Å². The van der Waals surface area contributed by atoms with Crippen LogP contribution in [0.3, 0.4) is 0 Å². The first-order chi connectivity index (χ1) is 7.68. The van der Waals surface area contributed by atoms with E-state index in [9.17, 15) is 5.11 Å². The molecule has 1 aromatic carbocycles. The van der Waals surface area contributed by atoms with E-state index in [4.69, 9.17) is 4.74 Å². The zero-order chi connectivity index (χ0) is 11.6. The van der Waals surface area contributed by atoms with Crippen molar-refractivity contribution in [2.24, 2.45) is 0 Å². The smallest absolute Gasteiger partial charge is 0.119 e. The molecule has 0 saturated heterocycles. The molecule has 1 aliphatic rings. The minimum absolute atomic E-state index is 0.432. The molecule has 16 heavy (non-hydrogen) atoms. The van der Waals surface area contributed by atoms with E-state index >= 15 is 0 Å². The van der Waals surface area contributed by atoms with Gasteiger partial charge in [-0.05, 0) is 43.4 Å². The van der Waals surface area contributed by atoms with Crippen molar-refractivity contribution in [2.75, 3.05) is 0 Å². The van der Waals surface area contributed by atoms with Gasteiger partial charge in [0.15, 0.2) is 0 Å². The molecule has 2 heteroatoms. The standard InChI is InChI=1S/C14H20O2/c1-3-14(15,4-2)11-5-7-12(8-6-11)16-13-9-10-13/h5-8,13,15H,3-4,9-10H2,1-2H3. The number of ether oxygens (including phenoxy) is 1. The minimum atomic E-state index is -0.682. The van der Waals surface area contributed by atoms with Gasteiger partial charge in [0.05, 0.1) is 11.7 Å². The Morgan fingerprint density at radius 1 is 1.19 bits per heavy atom. The zero-order valence-electron chi connectivity index (χ0n) is 10.1. The predicted molar refractivity (Wildman–Crippen MR) is 64.6 cm³/mol. The van der Waals surface area contributed by atoms with Crippen LogP contribution >= 0.6 is 0 Å². The summed E-state index contributed by atoms with van der Waals surface area (Å²) < 4.78 is 5.68. The second-order valence-electron chi connectivity index (χ2n) is 4.58. The summed E-state index contributed by atoms with van der Waals surface area (Å²) in [6, 6.07) is 7.88. The molecule has 1 N–H and O–H groups in total. The third kappa shape index (κ3) is 2.38. The molecule has 1 aromatic rings. The first-order valence-corrected chi connectivity index (χ1v) is 6.17. The average Bonchev–Trinajstić information content (AvgIpc) is 3.13. The van der Waals surface area contributed by atoms with Crippen LogP contribution in [0.25, 0.3) is 0 Å². The van der Waals surface area contributed by atoms with Crippen LogP contribution in [0.1, 0.15) is 45.1 Å². The summed E-state index contributed by atoms with van der Waals surface area (Å²) in [4.78, 5) is 0. The van der Waals surface area contributed by atoms with Crippen LogP contribution in [0.4, 0.5) is 0 Å². The van der Waals surface area contributed by atoms with E-state index in [1.807, 2.05) is 38.1 Å². The number of aliphatic hydroxyl groups is 1. The maximum atomic E-state index is 10.3. The summed E-state index contributed by atoms with van der Waals surface area (Å²) in [6.07, 6.45) is 4.27. The fourth-order valence-electron chi connectivity index (χ4n) is 1.88. The topological polar surface area (TPSA) is 29.5 Å². The molecule has 2 nitrogen and oxygen atoms in total. The SMILES string of the molecule is CCC(O)(CC)c1ccc(OC2CC2)cc1. The second kappa shape index (κ2) is 4.46. The summed E-state index contributed by atoms with van der Waals surface area (Å²) in [5.74, 6) is 0.917. The van der Waals surface area contributed by atoms with Crippen LogP contribution in [-0.4, -0.2) is 11.2 Å². The molecule has 0 atom stereocenters. The number of benzene rings is 1. The van der Waals surface area contributed by atoms with Crippen LogP contribution in [-0.2, 0) is 5.60 Å². The van der Waals surface area contributed by atoms with Crippen molar-refractivity contribution < 1.29 is 9.84 Å². The predicted octanol–water partition coefficient (Wildman–Crippen LogP) is 3.24. The number of rotatable bonds is 5. The highest BCUT2D eigenvalue weighted by Gasteiger charge is 2.26. The highest BCUT2D eigenvalue weighted by molar-refractivity contribution is 5.31. The van der Waals surface area contributed by atoms with Gasteiger partial charge in [-0.3, -0.25) is 0 Å². The van der Waals surface area contributed by atoms with Crippen molar-refractivity contribution in [1.82, 2.24) is 0 Å². The molecule has 0 spiro atoms. The van der Waals surface area contributed by atoms with E-state index < -0.39 is 5.60 Å². The Morgan fingerprint density at radius 2 is 1.75 bits per heavy atom. The molecule has 0 aromatic heterocycles. The number of hydrogen-bond donors (Lipinski definition) is 1. The maximum Gasteiger partial charge on any atom is 0.119 e. The monoisotopic (exact) mass is 220 g/mol. The summed E-state index contributed by atoms with van der Waals surface area (Å²) in [6.45, 7) is 4.02. The molecule has 1 fully saturated rings. The zero-order valence-corrected chi connectivity index (χ0v) is 10.1. The molecule has 1 aliphatic carbocycles. The Labute approximate surface area is 97.3 Å². The van der Waals surface area contributed by atoms with Gasteiger partial charge in [-0.2, -0.15) is 0 Å². The highest BCUT2D eigenvalue weighted by atomic mass is 16.5. The Bertz CT molecular complexity index is 334. The Kier molecular flexibility index (Phi) is 3.20. The molecular weight excluding hydrogens is 200 g/mol. The Morgan fingerprint density at radius 3 is 2.19 bits per heavy atom. The lowest BCUT2D eigenvalue weighted by atomic mass is 9.89. The molecule has 0 bridgehead atoms. The third-order valence-electron chi connectivity index (χ3n) is 3.39. The Hall–Kier alpha value is -1.02. The van der Waals surface area contributed by atoms with Crippen molar-refractivity contribution in [2.45, 2.75) is 51.2 Å². The fraction of sp³-hybridized carbons (Fsp3) is 0.571. The first kappa shape index (κ1) is 11.5. The lowest BCUT2D eigenvalue weighted by Gasteiger charge is -2.25. The van der Waals surface area contributed by atoms with Crippen LogP contribution in [0, 0.1) is 0 Å². The van der Waals surface area contributed by atoms with Gasteiger partial charge in [0.2, 0.25) is 0 Å². The van der Waals surface area contributed by atoms with Gasteiger partial charge >= 0.3 is 0 Å². The molecular formula is C14H20O2. The molecule has 0 aliphatic heterocycles. The largest absolute Gasteiger partial charge is 0.490 e. The van der Waals surface area contributed by atoms with Gasteiger partial charge in [0.25, 0.3) is 0 Å². The third-order valence-corrected chi connectivity index (χ3v) is 3.39. The van der Waals surface area contributed by atoms with Gasteiger partial charge < -0.3 is 9.84 Å². The molecule has 0 unspecified atom stereocenters. The molecule has 0 amide bonds. The van der Waals surface area contributed by atoms with E-state index in [0.717, 1.165) is 24.2 Å². The van der Waals surface area contributed by atoms with Crippen LogP contribution in [0.2, 0.25) is 0 Å². The van der Waals surface area contributed by atoms with Gasteiger partial charge in [-0.1, -0.05) is 26.0 Å². The molecule has 88 valence electrons. The van der Waals surface area contributed by atoms with Crippen LogP contribution < -0.4 is 4.74 Å². The van der Waals surface area contributed by atoms with Crippen molar-refractivity contribution >= 4 is 0 Å². The summed E-state index contributed by atoms with van der Waals surface area (Å²) >= 11 is 0. The van der Waals surface area contributed by atoms with Crippen LogP contribution in [0.15, 0.2) is 24.3 Å². The van der Waals surface area contributed by atoms with Gasteiger partial charge in [-0.15, -0.1) is 0 Å². The van der Waals surface area contributed by atoms with Gasteiger partial charge in [0.1, 0.15) is 5.75 Å². The van der Waals surface area contributed by atoms with E-state index in [2.05, 4.69) is 0 Å². The average molecular weight is 220 g/mol. The normalized spacial score (nSPS) is 16.2. The molecule has 1 saturated carbocycles. The molecule has 2 rings (SSSR count). The van der Waals surface area contributed by atoms with Crippen LogP contribution in [0.5, 0.6) is 5.75 Å². The summed E-state index contributed by atoms with van der Waals surface area (Å²) in [5.41, 5.74) is 0.304. The van der Waals surface area contributed by atoms with Crippen molar-refractivity contribution in [3.05, 3.63) is 29.8 Å². The first-order valence-electron chi connectivity index (χ1n) is 6.17. The lowest BCUT2D eigenvalue weighted by Crippen LogP contribution is -2.23. The van der Waals surface area contributed by atoms with E-state index in [-0.39, 0.29) is 0 Å². The maximum absolute atomic E-state index is 10.3. The molecule has 0 heterocycles. The fourth-order valence-corrected chi connectivity index (χ4v) is 1.88. The van der Waals surface area contributed by atoms with Crippen molar-refractivity contribution in [1.29, 1.82) is 0 Å². The Balaban J connectivity index is 2.10. The van der Waals surface area contributed by atoms with E-state index in [1.54, 1.807) is 0 Å². The second-order valence-corrected chi connectivity index (χ2v) is 4.58.